The molecule has 0 saturated carbocycles. The van der Waals surface area contributed by atoms with Gasteiger partial charge in [-0.25, -0.2) is 0 Å². The Bertz CT molecular complexity index is 15.5. The van der Waals surface area contributed by atoms with Gasteiger partial charge in [-0.2, -0.15) is 0 Å². The minimum atomic E-state index is 0. The van der Waals surface area contributed by atoms with Crippen molar-refractivity contribution >= 4 is 25.8 Å². The molecule has 0 atom stereocenters. The molecule has 0 fully saturated rings. The van der Waals surface area contributed by atoms with E-state index in [1.165, 1.54) is 0 Å². The van der Waals surface area contributed by atoms with Crippen molar-refractivity contribution in [3.05, 3.63) is 0 Å². The molecule has 0 aliphatic rings. The molecule has 0 heterocycles. The molecule has 0 rings (SSSR count). The molecule has 0 N–H and O–H groups in total. The molecule has 6 heteroatoms. The van der Waals surface area contributed by atoms with Gasteiger partial charge in [-0.15, -0.1) is 0 Å². The number of hydrogen-bond acceptors (Lipinski definition) is 0. The third-order valence-corrected chi connectivity index (χ3v) is 0. The standard InChI is InChI=1S/Al.B.Cr.Fe.N.Ni. The first-order chi connectivity index (χ1) is 0. The monoisotopic (exact) mass is 218 g/mol. The second kappa shape index (κ2) is 59.8. The van der Waals surface area contributed by atoms with Gasteiger partial charge < -0.3 is 0 Å². The first-order valence-electron chi connectivity index (χ1n) is 0. The Labute approximate surface area is 82.2 Å². The van der Waals surface area contributed by atoms with Crippen LogP contribution in [-0.4, -0.2) is 25.8 Å². The van der Waals surface area contributed by atoms with Crippen LogP contribution in [0.25, 0.3) is 0 Å². The van der Waals surface area contributed by atoms with Crippen LogP contribution in [0.2, 0.25) is 0 Å². The maximum atomic E-state index is 0. The summed E-state index contributed by atoms with van der Waals surface area (Å²) in [6.45, 7) is 0. The Kier molecular flexibility index (Phi) is 922. The van der Waals surface area contributed by atoms with Crippen molar-refractivity contribution in [3.63, 3.8) is 0 Å². The number of hydrogen-bond donors (Lipinski definition) is 0. The van der Waals surface area contributed by atoms with Gasteiger partial charge in [0.25, 0.3) is 0 Å². The summed E-state index contributed by atoms with van der Waals surface area (Å²) in [5.41, 5.74) is 0. The smallest absolute Gasteiger partial charge is 0 e. The van der Waals surface area contributed by atoms with Crippen LogP contribution >= 0.6 is 0 Å². The van der Waals surface area contributed by atoms with Gasteiger partial charge in [0.2, 0.25) is 0 Å². The third kappa shape index (κ3) is 35.9. The summed E-state index contributed by atoms with van der Waals surface area (Å²) in [5.74, 6) is 0. The van der Waals surface area contributed by atoms with Crippen molar-refractivity contribution in [2.45, 2.75) is 0 Å². The van der Waals surface area contributed by atoms with E-state index in [1.807, 2.05) is 0 Å². The summed E-state index contributed by atoms with van der Waals surface area (Å²) in [6, 6.07) is 0. The third-order valence-electron chi connectivity index (χ3n) is 0. The molecule has 0 bridgehead atoms. The largest absolute Gasteiger partial charge is 0 e. The summed E-state index contributed by atoms with van der Waals surface area (Å²) in [7, 11) is 0. The average molecular weight is 218 g/mol. The summed E-state index contributed by atoms with van der Waals surface area (Å²) in [4.78, 5) is 0. The van der Waals surface area contributed by atoms with E-state index in [-0.39, 0.29) is 82.8 Å². The van der Waals surface area contributed by atoms with Gasteiger partial charge in [-0.1, -0.05) is 0 Å². The van der Waals surface area contributed by atoms with Crippen LogP contribution < -0.4 is 6.15 Å². The zero-order chi connectivity index (χ0) is 0. The van der Waals surface area contributed by atoms with Crippen molar-refractivity contribution in [1.82, 2.24) is 6.15 Å². The van der Waals surface area contributed by atoms with E-state index in [0.29, 0.717) is 0 Å². The fourth-order valence-corrected chi connectivity index (χ4v) is 0. The minimum absolute atomic E-state index is 0. The van der Waals surface area contributed by atoms with E-state index in [4.69, 9.17) is 0 Å². The van der Waals surface area contributed by atoms with Gasteiger partial charge in [0.1, 0.15) is 0 Å². The van der Waals surface area contributed by atoms with Gasteiger partial charge in [0.15, 0.2) is 0 Å². The van der Waals surface area contributed by atoms with Crippen molar-refractivity contribution in [3.8, 4) is 0 Å². The van der Waals surface area contributed by atoms with Crippen LogP contribution in [0.4, 0.5) is 0 Å². The minimum Gasteiger partial charge on any atom is 0 e. The fourth-order valence-electron chi connectivity index (χ4n) is 0. The molecule has 0 aromatic rings. The maximum absolute atomic E-state index is 0. The zero-order valence-corrected chi connectivity index (χ0v) is 7.20. The molecule has 0 saturated heterocycles. The molecule has 6 heavy (non-hydrogen) atoms. The first kappa shape index (κ1) is 92.4. The summed E-state index contributed by atoms with van der Waals surface area (Å²) < 4.78 is 0. The van der Waals surface area contributed by atoms with Gasteiger partial charge in [0, 0.05) is 82.8 Å². The topological polar surface area (TPSA) is 30.5 Å². The summed E-state index contributed by atoms with van der Waals surface area (Å²) >= 11 is 0. The van der Waals surface area contributed by atoms with E-state index in [9.17, 15) is 0 Å². The van der Waals surface area contributed by atoms with E-state index in [2.05, 4.69) is 0 Å². The van der Waals surface area contributed by atoms with E-state index < -0.39 is 0 Å². The van der Waals surface area contributed by atoms with E-state index in [0.717, 1.165) is 0 Å². The normalized spacial score (nSPS) is 0. The predicted octanol–water partition coefficient (Wildman–Crippen LogP) is -1.25. The van der Waals surface area contributed by atoms with Crippen LogP contribution in [0.15, 0.2) is 0 Å². The quantitative estimate of drug-likeness (QED) is 0.455. The second-order valence-electron chi connectivity index (χ2n) is 0. The van der Waals surface area contributed by atoms with Gasteiger partial charge >= 0.3 is 0 Å². The van der Waals surface area contributed by atoms with Crippen molar-refractivity contribution in [2.75, 3.05) is 0 Å². The first-order valence-corrected chi connectivity index (χ1v) is 0. The zero-order valence-electron chi connectivity index (χ0n) is 2.68. The van der Waals surface area contributed by atoms with Crippen molar-refractivity contribution in [2.24, 2.45) is 0 Å². The van der Waals surface area contributed by atoms with Crippen LogP contribution in [0.3, 0.4) is 0 Å². The van der Waals surface area contributed by atoms with Gasteiger partial charge in [0.05, 0.1) is 0 Å². The Balaban J connectivity index is 0. The van der Waals surface area contributed by atoms with Crippen LogP contribution in [0.1, 0.15) is 0 Å². The second-order valence-corrected chi connectivity index (χ2v) is 0. The predicted molar refractivity (Wildman–Crippen MR) is 13.6 cm³/mol. The van der Waals surface area contributed by atoms with E-state index >= 15 is 0 Å². The number of rotatable bonds is 0. The van der Waals surface area contributed by atoms with Gasteiger partial charge in [-0.3, -0.25) is 0 Å². The van der Waals surface area contributed by atoms with Crippen molar-refractivity contribution in [1.29, 1.82) is 0 Å². The van der Waals surface area contributed by atoms with Crippen molar-refractivity contribution < 1.29 is 50.9 Å². The summed E-state index contributed by atoms with van der Waals surface area (Å²) in [6.07, 6.45) is 0. The Morgan fingerprint density at radius 2 is 1.00 bits per heavy atom. The Morgan fingerprint density at radius 3 is 1.00 bits per heavy atom. The molecular weight excluding hydrogens is 218 g/mol. The molecule has 0 aromatic heterocycles. The molecule has 0 aromatic carbocycles. The van der Waals surface area contributed by atoms with Gasteiger partial charge in [-0.05, 0) is 0 Å². The van der Waals surface area contributed by atoms with Crippen LogP contribution in [0.5, 0.6) is 0 Å². The SMILES string of the molecule is [Al].[B].[Cr].[Fe].[N].[Ni]. The molecule has 0 spiro atoms. The number of nitrogens with zero attached hydrogens (tertiary/aromatic N) is 1. The molecule has 0 unspecified atom stereocenters. The van der Waals surface area contributed by atoms with Crippen LogP contribution in [0, 0.1) is 0 Å². The van der Waals surface area contributed by atoms with Crippen LogP contribution in [-0.2, 0) is 50.9 Å². The Morgan fingerprint density at radius 1 is 1.00 bits per heavy atom. The summed E-state index contributed by atoms with van der Waals surface area (Å²) in [5, 5.41) is 0. The molecule has 0 amide bonds. The Hall–Kier alpha value is 2.10. The molecule has 0 aliphatic carbocycles. The fraction of sp³-hybridized carbons (Fsp3) is 0. The maximum Gasteiger partial charge on any atom is 0 e. The average Bonchev–Trinajstić information content (AvgIpc) is 0. The molecule has 35 valence electrons. The molecular formula is AlBCrFeNNi. The molecule has 9 radical (unpaired) electrons. The molecule has 1 nitrogen and oxygen atoms in total. The molecule has 0 aliphatic heterocycles. The van der Waals surface area contributed by atoms with E-state index in [1.54, 1.807) is 0 Å².